The molecule has 0 aliphatic carbocycles. The van der Waals surface area contributed by atoms with Crippen LogP contribution in [0.4, 0.5) is 0 Å². The van der Waals surface area contributed by atoms with Crippen LogP contribution >= 0.6 is 0 Å². The molecular weight excluding hydrogens is 664 g/mol. The first-order valence-electron chi connectivity index (χ1n) is 17.2. The maximum Gasteiger partial charge on any atom is 0.203 e. The first kappa shape index (κ1) is 38.0. The Morgan fingerprint density at radius 3 is 1.33 bits per heavy atom. The zero-order valence-electron chi connectivity index (χ0n) is 31.5. The van der Waals surface area contributed by atoms with Gasteiger partial charge in [0.05, 0.1) is 47.8 Å². The summed E-state index contributed by atoms with van der Waals surface area (Å²) in [5, 5.41) is 0. The fourth-order valence-corrected chi connectivity index (χ4v) is 6.62. The number of aryl methyl sites for hydroxylation is 1. The van der Waals surface area contributed by atoms with Gasteiger partial charge in [0.15, 0.2) is 46.7 Å². The Morgan fingerprint density at radius 2 is 0.904 bits per heavy atom. The number of ether oxygens (including phenoxy) is 8. The highest BCUT2D eigenvalue weighted by Crippen LogP contribution is 2.51. The summed E-state index contributed by atoms with van der Waals surface area (Å²) in [5.41, 5.74) is 3.72. The molecule has 4 aromatic rings. The van der Waals surface area contributed by atoms with Crippen molar-refractivity contribution in [1.29, 1.82) is 0 Å². The summed E-state index contributed by atoms with van der Waals surface area (Å²) in [7, 11) is 7.82. The highest BCUT2D eigenvalue weighted by atomic mass is 16.5. The normalized spacial score (nSPS) is 19.3. The molecule has 0 radical (unpaired) electrons. The van der Waals surface area contributed by atoms with Crippen LogP contribution in [0.2, 0.25) is 0 Å². The Morgan fingerprint density at radius 1 is 0.519 bits per heavy atom. The predicted octanol–water partition coefficient (Wildman–Crippen LogP) is 8.42. The van der Waals surface area contributed by atoms with E-state index in [9.17, 15) is 9.59 Å². The number of ketones is 2. The Kier molecular flexibility index (Phi) is 12.0. The van der Waals surface area contributed by atoms with Crippen LogP contribution in [0.3, 0.4) is 0 Å². The number of methoxy groups -OCH3 is 5. The fraction of sp³-hybridized carbons (Fsp3) is 0.381. The first-order chi connectivity index (χ1) is 24.9. The van der Waals surface area contributed by atoms with E-state index in [-0.39, 0.29) is 35.6 Å². The second kappa shape index (κ2) is 16.4. The molecule has 52 heavy (non-hydrogen) atoms. The molecule has 0 amide bonds. The highest BCUT2D eigenvalue weighted by molar-refractivity contribution is 6.00. The average molecular weight is 713 g/mol. The SMILES string of the molecule is COc1ccc(C(=O)[C@@H](C)Oc2ccc(C3OC(c4ccc(O[C@H](C)C(=O)c5ccc(OC)c(OC)c5)c(OC)c4)[C@H](C)[C@H]3C)cc2OC)cc1C. The van der Waals surface area contributed by atoms with E-state index in [1.54, 1.807) is 78.7 Å². The summed E-state index contributed by atoms with van der Waals surface area (Å²) in [4.78, 5) is 26.5. The molecule has 10 nitrogen and oxygen atoms in total. The van der Waals surface area contributed by atoms with Gasteiger partial charge in [-0.2, -0.15) is 0 Å². The van der Waals surface area contributed by atoms with Gasteiger partial charge in [0.25, 0.3) is 0 Å². The quantitative estimate of drug-likeness (QED) is 0.112. The van der Waals surface area contributed by atoms with Gasteiger partial charge in [-0.25, -0.2) is 0 Å². The second-order valence-corrected chi connectivity index (χ2v) is 13.0. The lowest BCUT2D eigenvalue weighted by Crippen LogP contribution is -2.24. The molecule has 10 heteroatoms. The minimum atomic E-state index is -0.793. The molecule has 0 saturated carbocycles. The van der Waals surface area contributed by atoms with Crippen LogP contribution in [0.1, 0.15) is 77.3 Å². The van der Waals surface area contributed by atoms with Crippen LogP contribution in [0.5, 0.6) is 40.2 Å². The van der Waals surface area contributed by atoms with Gasteiger partial charge in [0.2, 0.25) is 11.6 Å². The van der Waals surface area contributed by atoms with Crippen molar-refractivity contribution < 1.29 is 47.5 Å². The van der Waals surface area contributed by atoms with E-state index >= 15 is 0 Å². The van der Waals surface area contributed by atoms with E-state index in [1.165, 1.54) is 7.11 Å². The molecule has 0 spiro atoms. The topological polar surface area (TPSA) is 108 Å². The van der Waals surface area contributed by atoms with Crippen molar-refractivity contribution in [3.8, 4) is 40.2 Å². The molecule has 1 aliphatic rings. The van der Waals surface area contributed by atoms with Crippen LogP contribution < -0.4 is 33.2 Å². The summed E-state index contributed by atoms with van der Waals surface area (Å²) in [6.45, 7) is 9.66. The van der Waals surface area contributed by atoms with Gasteiger partial charge in [-0.1, -0.05) is 26.0 Å². The van der Waals surface area contributed by atoms with E-state index in [0.717, 1.165) is 22.4 Å². The van der Waals surface area contributed by atoms with Crippen LogP contribution in [0.25, 0.3) is 0 Å². The standard InChI is InChI=1S/C42H48O10/c1-23-19-28(11-15-32(23)45-6)39(43)26(4)50-34-17-13-30(21-37(34)48-9)41-24(2)25(3)42(52-41)31-14-18-35(38(22-31)49-10)51-27(5)40(44)29-12-16-33(46-7)36(20-29)47-8/h11-22,24-27,41-42H,1-10H3/t24-,25-,26-,27-,41?,42?/m1/s1. The largest absolute Gasteiger partial charge is 0.496 e. The summed E-state index contributed by atoms with van der Waals surface area (Å²) in [6, 6.07) is 21.7. The average Bonchev–Trinajstić information content (AvgIpc) is 3.46. The van der Waals surface area contributed by atoms with Gasteiger partial charge in [0.1, 0.15) is 5.75 Å². The van der Waals surface area contributed by atoms with E-state index in [0.29, 0.717) is 45.6 Å². The maximum atomic E-state index is 13.3. The Balaban J connectivity index is 1.29. The van der Waals surface area contributed by atoms with Crippen molar-refractivity contribution in [1.82, 2.24) is 0 Å². The third-order valence-electron chi connectivity index (χ3n) is 9.80. The van der Waals surface area contributed by atoms with Gasteiger partial charge in [-0.3, -0.25) is 9.59 Å². The number of hydrogen-bond acceptors (Lipinski definition) is 10. The second-order valence-electron chi connectivity index (χ2n) is 13.0. The van der Waals surface area contributed by atoms with E-state index < -0.39 is 12.2 Å². The van der Waals surface area contributed by atoms with E-state index in [2.05, 4.69) is 13.8 Å². The molecular formula is C42H48O10. The Hall–Kier alpha value is -5.22. The van der Waals surface area contributed by atoms with E-state index in [4.69, 9.17) is 37.9 Å². The molecule has 0 bridgehead atoms. The molecule has 1 saturated heterocycles. The highest BCUT2D eigenvalue weighted by Gasteiger charge is 2.41. The zero-order chi connectivity index (χ0) is 37.7. The van der Waals surface area contributed by atoms with Gasteiger partial charge < -0.3 is 37.9 Å². The number of carbonyl (C=O) groups excluding carboxylic acids is 2. The third kappa shape index (κ3) is 7.82. The fourth-order valence-electron chi connectivity index (χ4n) is 6.62. The molecule has 0 N–H and O–H groups in total. The first-order valence-corrected chi connectivity index (χ1v) is 17.2. The van der Waals surface area contributed by atoms with Crippen molar-refractivity contribution in [2.24, 2.45) is 11.8 Å². The summed E-state index contributed by atoms with van der Waals surface area (Å²) >= 11 is 0. The van der Waals surface area contributed by atoms with Gasteiger partial charge >= 0.3 is 0 Å². The minimum Gasteiger partial charge on any atom is -0.496 e. The van der Waals surface area contributed by atoms with Crippen molar-refractivity contribution in [2.75, 3.05) is 35.5 Å². The summed E-state index contributed by atoms with van der Waals surface area (Å²) < 4.78 is 46.4. The number of benzene rings is 4. The molecule has 5 rings (SSSR count). The lowest BCUT2D eigenvalue weighted by Gasteiger charge is -2.21. The zero-order valence-corrected chi connectivity index (χ0v) is 31.5. The molecule has 4 aromatic carbocycles. The minimum absolute atomic E-state index is 0.146. The third-order valence-corrected chi connectivity index (χ3v) is 9.80. The van der Waals surface area contributed by atoms with E-state index in [1.807, 2.05) is 43.3 Å². The van der Waals surface area contributed by atoms with Crippen LogP contribution in [-0.2, 0) is 4.74 Å². The van der Waals surface area contributed by atoms with Crippen LogP contribution in [0.15, 0.2) is 72.8 Å². The maximum absolute atomic E-state index is 13.3. The monoisotopic (exact) mass is 712 g/mol. The molecule has 276 valence electrons. The van der Waals surface area contributed by atoms with Crippen molar-refractivity contribution in [3.05, 3.63) is 101 Å². The molecule has 2 unspecified atom stereocenters. The molecule has 0 aromatic heterocycles. The van der Waals surface area contributed by atoms with Crippen LogP contribution in [0, 0.1) is 18.8 Å². The number of carbonyl (C=O) groups is 2. The van der Waals surface area contributed by atoms with Crippen molar-refractivity contribution >= 4 is 11.6 Å². The number of rotatable bonds is 15. The van der Waals surface area contributed by atoms with Crippen molar-refractivity contribution in [2.45, 2.75) is 59.0 Å². The summed E-state index contributed by atoms with van der Waals surface area (Å²) in [6.07, 6.45) is -2.00. The lowest BCUT2D eigenvalue weighted by atomic mass is 9.85. The molecule has 1 fully saturated rings. The van der Waals surface area contributed by atoms with Gasteiger partial charge in [0, 0.05) is 11.1 Å². The Labute approximate surface area is 305 Å². The molecule has 6 atom stereocenters. The van der Waals surface area contributed by atoms with Crippen LogP contribution in [-0.4, -0.2) is 59.3 Å². The smallest absolute Gasteiger partial charge is 0.203 e. The Bertz CT molecular complexity index is 1900. The lowest BCUT2D eigenvalue weighted by molar-refractivity contribution is 0.0287. The van der Waals surface area contributed by atoms with Gasteiger partial charge in [-0.05, 0) is 110 Å². The molecule has 1 aliphatic heterocycles. The predicted molar refractivity (Wildman–Crippen MR) is 197 cm³/mol. The summed E-state index contributed by atoms with van der Waals surface area (Å²) in [5.74, 6) is 3.58. The number of Topliss-reactive ketones (excluding diaryl/α,β-unsaturated/α-hetero) is 2. The number of hydrogen-bond donors (Lipinski definition) is 0. The molecule has 1 heterocycles. The van der Waals surface area contributed by atoms with Crippen molar-refractivity contribution in [3.63, 3.8) is 0 Å². The van der Waals surface area contributed by atoms with Gasteiger partial charge in [-0.15, -0.1) is 0 Å².